The van der Waals surface area contributed by atoms with Crippen molar-refractivity contribution in [3.8, 4) is 11.1 Å². The molecule has 5 rings (SSSR count). The molecule has 4 unspecified atom stereocenters. The van der Waals surface area contributed by atoms with Gasteiger partial charge < -0.3 is 5.11 Å². The summed E-state index contributed by atoms with van der Waals surface area (Å²) >= 11 is 0. The second kappa shape index (κ2) is 8.26. The summed E-state index contributed by atoms with van der Waals surface area (Å²) in [5, 5.41) is 11.4. The van der Waals surface area contributed by atoms with Crippen molar-refractivity contribution in [1.29, 1.82) is 0 Å². The lowest BCUT2D eigenvalue weighted by molar-refractivity contribution is -0.111. The normalized spacial score (nSPS) is 29.4. The third kappa shape index (κ3) is 3.41. The number of hydrogen-bond donors (Lipinski definition) is 1. The van der Waals surface area contributed by atoms with Gasteiger partial charge >= 0.3 is 0 Å². The summed E-state index contributed by atoms with van der Waals surface area (Å²) < 4.78 is 0. The molecule has 178 valence electrons. The van der Waals surface area contributed by atoms with Crippen LogP contribution in [0.1, 0.15) is 69.2 Å². The summed E-state index contributed by atoms with van der Waals surface area (Å²) in [5.41, 5.74) is 10.2. The van der Waals surface area contributed by atoms with Crippen LogP contribution in [0.2, 0.25) is 0 Å². The summed E-state index contributed by atoms with van der Waals surface area (Å²) in [6, 6.07) is 8.51. The van der Waals surface area contributed by atoms with Crippen molar-refractivity contribution in [2.75, 3.05) is 0 Å². The third-order valence-electron chi connectivity index (χ3n) is 9.04. The number of fused-ring (bicyclic) bond motifs is 2. The molecule has 0 spiro atoms. The topological polar surface area (TPSA) is 37.3 Å². The molecule has 2 heteroatoms. The molecule has 0 radical (unpaired) electrons. The van der Waals surface area contributed by atoms with Gasteiger partial charge in [0.2, 0.25) is 5.78 Å². The van der Waals surface area contributed by atoms with Gasteiger partial charge in [-0.15, -0.1) is 0 Å². The molecule has 0 amide bonds. The number of aryl methyl sites for hydroxylation is 3. The van der Waals surface area contributed by atoms with E-state index in [0.29, 0.717) is 34.8 Å². The minimum atomic E-state index is 0.0172. The van der Waals surface area contributed by atoms with Crippen LogP contribution in [0.5, 0.6) is 0 Å². The average molecular weight is 455 g/mol. The highest BCUT2D eigenvalue weighted by molar-refractivity contribution is 6.40. The maximum atomic E-state index is 13.7. The zero-order valence-corrected chi connectivity index (χ0v) is 21.8. The van der Waals surface area contributed by atoms with Gasteiger partial charge in [-0.05, 0) is 116 Å². The van der Waals surface area contributed by atoms with E-state index in [-0.39, 0.29) is 11.5 Å². The van der Waals surface area contributed by atoms with Crippen LogP contribution in [0, 0.1) is 50.4 Å². The van der Waals surface area contributed by atoms with E-state index in [1.807, 2.05) is 0 Å². The van der Waals surface area contributed by atoms with E-state index in [9.17, 15) is 9.90 Å². The van der Waals surface area contributed by atoms with E-state index in [4.69, 9.17) is 0 Å². The van der Waals surface area contributed by atoms with Gasteiger partial charge in [-0.1, -0.05) is 56.2 Å². The molecule has 0 aromatic heterocycles. The summed E-state index contributed by atoms with van der Waals surface area (Å²) in [7, 11) is 0. The first-order chi connectivity index (χ1) is 16.1. The quantitative estimate of drug-likeness (QED) is 0.465. The molecular weight excluding hydrogens is 416 g/mol. The van der Waals surface area contributed by atoms with Crippen molar-refractivity contribution in [3.05, 3.63) is 75.1 Å². The van der Waals surface area contributed by atoms with E-state index in [1.54, 1.807) is 0 Å². The van der Waals surface area contributed by atoms with Gasteiger partial charge in [-0.2, -0.15) is 0 Å². The average Bonchev–Trinajstić information content (AvgIpc) is 3.09. The molecule has 1 saturated carbocycles. The molecule has 2 nitrogen and oxygen atoms in total. The predicted octanol–water partition coefficient (Wildman–Crippen LogP) is 8.15. The van der Waals surface area contributed by atoms with Crippen LogP contribution in [-0.2, 0) is 4.79 Å². The Morgan fingerprint density at radius 2 is 1.68 bits per heavy atom. The highest BCUT2D eigenvalue weighted by Crippen LogP contribution is 2.54. The Hall–Kier alpha value is -2.61. The molecule has 0 aromatic rings. The van der Waals surface area contributed by atoms with E-state index in [1.165, 1.54) is 30.4 Å². The highest BCUT2D eigenvalue weighted by Gasteiger charge is 2.46. The molecule has 0 saturated heterocycles. The molecule has 0 aliphatic heterocycles. The maximum absolute atomic E-state index is 13.7. The van der Waals surface area contributed by atoms with Gasteiger partial charge in [0.25, 0.3) is 0 Å². The Balaban J connectivity index is 1.61. The summed E-state index contributed by atoms with van der Waals surface area (Å²) in [5.74, 6) is 2.98. The molecule has 5 aliphatic carbocycles. The number of rotatable bonds is 2. The Bertz CT molecular complexity index is 1250. The van der Waals surface area contributed by atoms with Gasteiger partial charge in [-0.3, -0.25) is 4.79 Å². The monoisotopic (exact) mass is 454 g/mol. The highest BCUT2D eigenvalue weighted by atomic mass is 16.3. The molecule has 1 fully saturated rings. The Morgan fingerprint density at radius 1 is 0.941 bits per heavy atom. The van der Waals surface area contributed by atoms with Gasteiger partial charge in [0.05, 0.1) is 11.1 Å². The standard InChI is InChI=1S/C32H38O2/c1-16(2)22-11-10-19(5)28-24(15-22)21(7)14-26(28)30-31(33)29(32(30)34)25-13-20(6)23-12-17(3)8-9-18(4)27(23)25/h8-9,12-14,16,19,22,24,28,33H,10-11,15H2,1-7H3/b30-26-. The minimum absolute atomic E-state index is 0.0172. The maximum Gasteiger partial charge on any atom is 0.201 e. The molecular formula is C32H38O2. The van der Waals surface area contributed by atoms with E-state index >= 15 is 0 Å². The van der Waals surface area contributed by atoms with Crippen LogP contribution in [0.4, 0.5) is 0 Å². The van der Waals surface area contributed by atoms with Gasteiger partial charge in [0.1, 0.15) is 5.76 Å². The number of aliphatic hydroxyl groups is 1. The molecule has 0 heterocycles. The van der Waals surface area contributed by atoms with Crippen molar-refractivity contribution in [3.63, 3.8) is 0 Å². The van der Waals surface area contributed by atoms with Crippen LogP contribution in [0.15, 0.2) is 52.8 Å². The summed E-state index contributed by atoms with van der Waals surface area (Å²) in [6.07, 6.45) is 5.88. The lowest BCUT2D eigenvalue weighted by Gasteiger charge is -2.31. The first kappa shape index (κ1) is 23.1. The van der Waals surface area contributed by atoms with Crippen LogP contribution >= 0.6 is 0 Å². The molecule has 0 bridgehead atoms. The van der Waals surface area contributed by atoms with Crippen molar-refractivity contribution < 1.29 is 9.90 Å². The van der Waals surface area contributed by atoms with Crippen LogP contribution < -0.4 is 0 Å². The fourth-order valence-corrected chi connectivity index (χ4v) is 6.98. The van der Waals surface area contributed by atoms with Crippen molar-refractivity contribution in [2.24, 2.45) is 29.6 Å². The second-order valence-corrected chi connectivity index (χ2v) is 11.6. The number of carbonyl (C=O) groups is 1. The number of carbonyl (C=O) groups excluding carboxylic acids is 1. The Labute approximate surface area is 204 Å². The van der Waals surface area contributed by atoms with E-state index in [2.05, 4.69) is 78.8 Å². The SMILES string of the molecule is CC1=C/C(=C2/C(=O)C(c3cc(C)c4cc(C)ccc(C)c3-4)=C2O)C2C(C)CCC(C(C)C)CC12. The molecule has 1 N–H and O–H groups in total. The van der Waals surface area contributed by atoms with Gasteiger partial charge in [-0.25, -0.2) is 0 Å². The molecule has 5 aliphatic rings. The summed E-state index contributed by atoms with van der Waals surface area (Å²) in [4.78, 5) is 13.7. The lowest BCUT2D eigenvalue weighted by Crippen LogP contribution is -2.27. The van der Waals surface area contributed by atoms with Crippen LogP contribution in [0.3, 0.4) is 0 Å². The number of Topliss-reactive ketones (excluding diaryl/α,β-unsaturated/α-hetero) is 1. The Morgan fingerprint density at radius 3 is 2.35 bits per heavy atom. The number of allylic oxidation sites excluding steroid dienone is 5. The second-order valence-electron chi connectivity index (χ2n) is 11.6. The molecule has 0 aromatic carbocycles. The molecule has 34 heavy (non-hydrogen) atoms. The Kier molecular flexibility index (Phi) is 5.62. The van der Waals surface area contributed by atoms with Crippen molar-refractivity contribution in [2.45, 2.75) is 67.7 Å². The fourth-order valence-electron chi connectivity index (χ4n) is 6.98. The smallest absolute Gasteiger partial charge is 0.201 e. The van der Waals surface area contributed by atoms with E-state index < -0.39 is 0 Å². The van der Waals surface area contributed by atoms with Crippen LogP contribution in [-0.4, -0.2) is 10.9 Å². The van der Waals surface area contributed by atoms with Crippen molar-refractivity contribution in [1.82, 2.24) is 0 Å². The minimum Gasteiger partial charge on any atom is -0.506 e. The summed E-state index contributed by atoms with van der Waals surface area (Å²) in [6.45, 7) is 15.5. The number of aliphatic hydroxyl groups excluding tert-OH is 1. The predicted molar refractivity (Wildman–Crippen MR) is 141 cm³/mol. The van der Waals surface area contributed by atoms with Gasteiger partial charge in [0, 0.05) is 0 Å². The zero-order chi connectivity index (χ0) is 24.5. The van der Waals surface area contributed by atoms with Crippen LogP contribution in [0.25, 0.3) is 16.7 Å². The van der Waals surface area contributed by atoms with E-state index in [0.717, 1.165) is 39.3 Å². The third-order valence-corrected chi connectivity index (χ3v) is 9.04. The fraction of sp³-hybridized carbons (Fsp3) is 0.469. The zero-order valence-electron chi connectivity index (χ0n) is 21.8. The first-order valence-corrected chi connectivity index (χ1v) is 13.0. The van der Waals surface area contributed by atoms with Crippen molar-refractivity contribution >= 4 is 11.4 Å². The van der Waals surface area contributed by atoms with Gasteiger partial charge in [0.15, 0.2) is 0 Å². The first-order valence-electron chi connectivity index (χ1n) is 13.0. The molecule has 4 atom stereocenters. The lowest BCUT2D eigenvalue weighted by atomic mass is 9.72. The largest absolute Gasteiger partial charge is 0.506 e. The number of hydrogen-bond acceptors (Lipinski definition) is 2. The number of ketones is 1.